The lowest BCUT2D eigenvalue weighted by Crippen LogP contribution is -2.22. The van der Waals surface area contributed by atoms with Gasteiger partial charge in [0.05, 0.1) is 6.21 Å². The fourth-order valence-electron chi connectivity index (χ4n) is 1.98. The van der Waals surface area contributed by atoms with E-state index in [0.717, 1.165) is 6.21 Å². The fourth-order valence-corrected chi connectivity index (χ4v) is 2.34. The third-order valence-corrected chi connectivity index (χ3v) is 3.79. The van der Waals surface area contributed by atoms with Crippen molar-refractivity contribution in [2.75, 3.05) is 0 Å². The van der Waals surface area contributed by atoms with Gasteiger partial charge >= 0.3 is 0 Å². The second-order valence-electron chi connectivity index (χ2n) is 5.06. The van der Waals surface area contributed by atoms with Crippen molar-refractivity contribution in [3.8, 4) is 5.88 Å². The summed E-state index contributed by atoms with van der Waals surface area (Å²) in [6.07, 6.45) is 4.75. The van der Waals surface area contributed by atoms with Crippen LogP contribution in [-0.4, -0.2) is 31.8 Å². The maximum atomic E-state index is 12.0. The number of hydrazone groups is 1. The number of hydrogen-bond donors (Lipinski definition) is 3. The van der Waals surface area contributed by atoms with Crippen LogP contribution >= 0.6 is 12.2 Å². The summed E-state index contributed by atoms with van der Waals surface area (Å²) < 4.78 is 1.56. The molecule has 0 bridgehead atoms. The van der Waals surface area contributed by atoms with Crippen LogP contribution < -0.4 is 11.0 Å². The lowest BCUT2D eigenvalue weighted by molar-refractivity contribution is 0.0955. The number of aromatic amines is 1. The van der Waals surface area contributed by atoms with Gasteiger partial charge in [-0.2, -0.15) is 5.10 Å². The molecule has 1 amide bonds. The van der Waals surface area contributed by atoms with E-state index in [0.29, 0.717) is 12.0 Å². The first-order chi connectivity index (χ1) is 11.5. The molecule has 0 aliphatic heterocycles. The Labute approximate surface area is 142 Å². The van der Waals surface area contributed by atoms with Gasteiger partial charge in [0.1, 0.15) is 5.56 Å². The van der Waals surface area contributed by atoms with Gasteiger partial charge in [-0.1, -0.05) is 6.92 Å². The van der Waals surface area contributed by atoms with Gasteiger partial charge in [0, 0.05) is 24.0 Å². The van der Waals surface area contributed by atoms with Crippen LogP contribution in [-0.2, 0) is 0 Å². The number of pyridine rings is 1. The molecule has 0 saturated heterocycles. The summed E-state index contributed by atoms with van der Waals surface area (Å²) in [5, 5.41) is 14.0. The Morgan fingerprint density at radius 3 is 2.83 bits per heavy atom. The maximum absolute atomic E-state index is 12.0. The molecule has 0 saturated carbocycles. The lowest BCUT2D eigenvalue weighted by atomic mass is 10.2. The first-order valence-electron chi connectivity index (χ1n) is 7.26. The number of nitrogens with one attached hydrogen (secondary N) is 2. The minimum Gasteiger partial charge on any atom is -0.494 e. The van der Waals surface area contributed by atoms with Gasteiger partial charge in [0.25, 0.3) is 11.5 Å². The molecule has 2 rings (SSSR count). The topological polar surface area (TPSA) is 112 Å². The van der Waals surface area contributed by atoms with Crippen molar-refractivity contribution in [2.24, 2.45) is 5.10 Å². The first kappa shape index (κ1) is 17.5. The van der Waals surface area contributed by atoms with E-state index in [1.807, 2.05) is 13.8 Å². The van der Waals surface area contributed by atoms with Gasteiger partial charge < -0.3 is 5.11 Å². The Morgan fingerprint density at radius 1 is 1.54 bits per heavy atom. The normalized spacial score (nSPS) is 12.2. The number of rotatable bonds is 5. The number of carbonyl (C=O) groups excluding carboxylic acids is 1. The monoisotopic (exact) mass is 347 g/mol. The third-order valence-electron chi connectivity index (χ3n) is 3.49. The van der Waals surface area contributed by atoms with Gasteiger partial charge in [-0.3, -0.25) is 24.1 Å². The highest BCUT2D eigenvalue weighted by Crippen LogP contribution is 2.19. The van der Waals surface area contributed by atoms with Crippen LogP contribution in [0.15, 0.2) is 34.4 Å². The van der Waals surface area contributed by atoms with Crippen LogP contribution in [0.5, 0.6) is 5.88 Å². The number of hydrogen-bond acceptors (Lipinski definition) is 6. The Hall–Kier alpha value is -2.81. The third kappa shape index (κ3) is 3.74. The molecule has 3 N–H and O–H groups in total. The Morgan fingerprint density at radius 2 is 2.21 bits per heavy atom. The van der Waals surface area contributed by atoms with Gasteiger partial charge in [-0.25, -0.2) is 5.43 Å². The molecule has 24 heavy (non-hydrogen) atoms. The highest BCUT2D eigenvalue weighted by molar-refractivity contribution is 7.71. The Kier molecular flexibility index (Phi) is 5.59. The summed E-state index contributed by atoms with van der Waals surface area (Å²) in [7, 11) is 0. The van der Waals surface area contributed by atoms with E-state index in [-0.39, 0.29) is 22.3 Å². The molecule has 0 aromatic carbocycles. The molecule has 0 aliphatic rings. The zero-order valence-corrected chi connectivity index (χ0v) is 14.0. The summed E-state index contributed by atoms with van der Waals surface area (Å²) in [4.78, 5) is 30.1. The van der Waals surface area contributed by atoms with E-state index in [1.54, 1.807) is 0 Å². The SMILES string of the molecule is CC[C@@H](C)n1c(O)c(C=NNC(=O)c2ccncc2)c(=O)[nH]c1=S. The average Bonchev–Trinajstić information content (AvgIpc) is 2.57. The quantitative estimate of drug-likeness (QED) is 0.433. The maximum Gasteiger partial charge on any atom is 0.271 e. The summed E-state index contributed by atoms with van der Waals surface area (Å²) in [5.74, 6) is -0.751. The molecular formula is C15H17N5O3S. The van der Waals surface area contributed by atoms with Crippen LogP contribution in [0.1, 0.15) is 42.2 Å². The van der Waals surface area contributed by atoms with Crippen LogP contribution in [0.25, 0.3) is 0 Å². The minimum absolute atomic E-state index is 0.0843. The summed E-state index contributed by atoms with van der Waals surface area (Å²) in [5.41, 5.74) is 1.99. The Balaban J connectivity index is 2.28. The number of aromatic nitrogens is 3. The van der Waals surface area contributed by atoms with E-state index in [1.165, 1.54) is 29.1 Å². The second-order valence-corrected chi connectivity index (χ2v) is 5.45. The number of aromatic hydroxyl groups is 1. The fraction of sp³-hybridized carbons (Fsp3) is 0.267. The van der Waals surface area contributed by atoms with E-state index < -0.39 is 11.5 Å². The molecule has 0 radical (unpaired) electrons. The van der Waals surface area contributed by atoms with Crippen LogP contribution in [0.2, 0.25) is 0 Å². The van der Waals surface area contributed by atoms with Gasteiger partial charge in [-0.05, 0) is 37.7 Å². The van der Waals surface area contributed by atoms with Crippen molar-refractivity contribution >= 4 is 24.3 Å². The van der Waals surface area contributed by atoms with E-state index in [9.17, 15) is 14.7 Å². The lowest BCUT2D eigenvalue weighted by Gasteiger charge is -2.16. The molecule has 0 unspecified atom stereocenters. The molecule has 1 atom stereocenters. The molecule has 9 heteroatoms. The van der Waals surface area contributed by atoms with E-state index in [2.05, 4.69) is 20.5 Å². The molecule has 0 fully saturated rings. The highest BCUT2D eigenvalue weighted by atomic mass is 32.1. The average molecular weight is 347 g/mol. The number of amides is 1. The van der Waals surface area contributed by atoms with E-state index in [4.69, 9.17) is 12.2 Å². The number of nitrogens with zero attached hydrogens (tertiary/aromatic N) is 3. The van der Waals surface area contributed by atoms with Gasteiger partial charge in [0.15, 0.2) is 4.77 Å². The van der Waals surface area contributed by atoms with Crippen LogP contribution in [0, 0.1) is 4.77 Å². The van der Waals surface area contributed by atoms with Crippen molar-refractivity contribution < 1.29 is 9.90 Å². The van der Waals surface area contributed by atoms with Crippen molar-refractivity contribution in [2.45, 2.75) is 26.3 Å². The first-order valence-corrected chi connectivity index (χ1v) is 7.67. The predicted molar refractivity (Wildman–Crippen MR) is 91.9 cm³/mol. The summed E-state index contributed by atoms with van der Waals surface area (Å²) in [6.45, 7) is 3.79. The molecule has 0 spiro atoms. The molecule has 2 aromatic heterocycles. The van der Waals surface area contributed by atoms with Crippen molar-refractivity contribution in [3.63, 3.8) is 0 Å². The highest BCUT2D eigenvalue weighted by Gasteiger charge is 2.14. The van der Waals surface area contributed by atoms with Crippen molar-refractivity contribution in [1.29, 1.82) is 0 Å². The zero-order valence-electron chi connectivity index (χ0n) is 13.2. The summed E-state index contributed by atoms with van der Waals surface area (Å²) in [6, 6.07) is 2.95. The molecule has 8 nitrogen and oxygen atoms in total. The molecule has 0 aliphatic carbocycles. The standard InChI is InChI=1S/C15H17N5O3S/c1-3-9(2)20-14(23)11(13(22)18-15(20)24)8-17-19-12(21)10-4-6-16-7-5-10/h4-9,23H,3H2,1-2H3,(H,19,21)(H,18,22,24)/t9-/m1/s1. The van der Waals surface area contributed by atoms with Crippen molar-refractivity contribution in [1.82, 2.24) is 20.0 Å². The molecular weight excluding hydrogens is 330 g/mol. The van der Waals surface area contributed by atoms with Crippen molar-refractivity contribution in [3.05, 3.63) is 50.8 Å². The summed E-state index contributed by atoms with van der Waals surface area (Å²) >= 11 is 5.07. The number of carbonyl (C=O) groups is 1. The van der Waals surface area contributed by atoms with E-state index >= 15 is 0 Å². The van der Waals surface area contributed by atoms with Crippen LogP contribution in [0.3, 0.4) is 0 Å². The van der Waals surface area contributed by atoms with Gasteiger partial charge in [0.2, 0.25) is 5.88 Å². The van der Waals surface area contributed by atoms with Crippen LogP contribution in [0.4, 0.5) is 0 Å². The predicted octanol–water partition coefficient (Wildman–Crippen LogP) is 1.74. The molecule has 2 aromatic rings. The molecule has 2 heterocycles. The Bertz CT molecular complexity index is 873. The van der Waals surface area contributed by atoms with Gasteiger partial charge in [-0.15, -0.1) is 0 Å². The smallest absolute Gasteiger partial charge is 0.271 e. The largest absolute Gasteiger partial charge is 0.494 e. The minimum atomic E-state index is -0.584. The molecule has 126 valence electrons. The zero-order chi connectivity index (χ0) is 17.7. The number of H-pyrrole nitrogens is 1. The second kappa shape index (κ2) is 7.64.